The van der Waals surface area contributed by atoms with Crippen LogP contribution in [0.15, 0.2) is 114 Å². The van der Waals surface area contributed by atoms with E-state index >= 15 is 0 Å². The molecule has 0 saturated heterocycles. The highest BCUT2D eigenvalue weighted by atomic mass is 32.2. The van der Waals surface area contributed by atoms with E-state index in [1.807, 2.05) is 91.9 Å². The van der Waals surface area contributed by atoms with E-state index in [2.05, 4.69) is 16.7 Å². The van der Waals surface area contributed by atoms with Gasteiger partial charge in [0, 0.05) is 11.8 Å². The molecule has 0 aliphatic rings. The number of rotatable bonds is 10. The summed E-state index contributed by atoms with van der Waals surface area (Å²) in [4.78, 5) is 0.214. The maximum Gasteiger partial charge on any atom is 0.271 e. The van der Waals surface area contributed by atoms with Crippen LogP contribution in [0, 0.1) is 18.9 Å². The smallest absolute Gasteiger partial charge is 0.271 e. The summed E-state index contributed by atoms with van der Waals surface area (Å²) in [6.45, 7) is 2.07. The Kier molecular flexibility index (Phi) is 9.50. The Morgan fingerprint density at radius 2 is 1.47 bits per heavy atom. The van der Waals surface area contributed by atoms with Gasteiger partial charge in [0.1, 0.15) is 11.8 Å². The van der Waals surface area contributed by atoms with Crippen LogP contribution in [0.2, 0.25) is 0 Å². The molecule has 4 aromatic carbocycles. The SMILES string of the molecule is COc1ccc(CSNC(C#CN(Cc2ccccc2)S(=O)(=O)c2ccc(C)cc2)c2ccccc2)cc1. The first-order valence-electron chi connectivity index (χ1n) is 12.2. The Morgan fingerprint density at radius 1 is 0.842 bits per heavy atom. The van der Waals surface area contributed by atoms with Crippen molar-refractivity contribution >= 4 is 22.0 Å². The van der Waals surface area contributed by atoms with E-state index in [9.17, 15) is 8.42 Å². The van der Waals surface area contributed by atoms with E-state index in [0.717, 1.165) is 28.0 Å². The predicted octanol–water partition coefficient (Wildman–Crippen LogP) is 6.33. The molecular weight excluding hydrogens is 512 g/mol. The molecule has 7 heteroatoms. The van der Waals surface area contributed by atoms with E-state index in [-0.39, 0.29) is 17.5 Å². The normalized spacial score (nSPS) is 11.7. The minimum absolute atomic E-state index is 0.143. The number of ether oxygens (including phenoxy) is 1. The first kappa shape index (κ1) is 27.3. The monoisotopic (exact) mass is 542 g/mol. The fraction of sp³-hybridized carbons (Fsp3) is 0.161. The van der Waals surface area contributed by atoms with Crippen LogP contribution in [-0.4, -0.2) is 19.8 Å². The van der Waals surface area contributed by atoms with Crippen molar-refractivity contribution in [3.05, 3.63) is 131 Å². The third-order valence-electron chi connectivity index (χ3n) is 5.84. The summed E-state index contributed by atoms with van der Waals surface area (Å²) >= 11 is 1.52. The molecule has 38 heavy (non-hydrogen) atoms. The summed E-state index contributed by atoms with van der Waals surface area (Å²) in [5, 5.41) is 0. The zero-order valence-electron chi connectivity index (χ0n) is 21.4. The molecule has 0 aliphatic carbocycles. The van der Waals surface area contributed by atoms with Gasteiger partial charge in [-0.25, -0.2) is 17.4 Å². The second-order valence-electron chi connectivity index (χ2n) is 8.66. The lowest BCUT2D eigenvalue weighted by molar-refractivity contribution is 0.414. The van der Waals surface area contributed by atoms with Crippen molar-refractivity contribution < 1.29 is 13.2 Å². The molecular formula is C31H30N2O3S2. The number of sulfonamides is 1. The van der Waals surface area contributed by atoms with Crippen LogP contribution < -0.4 is 9.46 Å². The summed E-state index contributed by atoms with van der Waals surface area (Å²) in [7, 11) is -2.20. The average molecular weight is 543 g/mol. The number of aryl methyl sites for hydroxylation is 1. The summed E-state index contributed by atoms with van der Waals surface area (Å²) in [5.74, 6) is 4.72. The molecule has 5 nitrogen and oxygen atoms in total. The van der Waals surface area contributed by atoms with Gasteiger partial charge in [0.2, 0.25) is 0 Å². The van der Waals surface area contributed by atoms with Crippen molar-refractivity contribution in [3.8, 4) is 17.7 Å². The summed E-state index contributed by atoms with van der Waals surface area (Å²) in [5.41, 5.74) is 3.94. The second-order valence-corrected chi connectivity index (χ2v) is 11.3. The van der Waals surface area contributed by atoms with Crippen LogP contribution in [0.5, 0.6) is 5.75 Å². The van der Waals surface area contributed by atoms with Gasteiger partial charge in [-0.15, -0.1) is 0 Å². The molecule has 0 fully saturated rings. The van der Waals surface area contributed by atoms with Crippen LogP contribution in [0.4, 0.5) is 0 Å². The van der Waals surface area contributed by atoms with Crippen LogP contribution in [0.1, 0.15) is 28.3 Å². The number of nitrogens with zero attached hydrogens (tertiary/aromatic N) is 1. The predicted molar refractivity (Wildman–Crippen MR) is 155 cm³/mol. The molecule has 0 aliphatic heterocycles. The van der Waals surface area contributed by atoms with E-state index in [1.165, 1.54) is 16.3 Å². The van der Waals surface area contributed by atoms with Gasteiger partial charge in [0.05, 0.1) is 18.6 Å². The average Bonchev–Trinajstić information content (AvgIpc) is 2.95. The fourth-order valence-corrected chi connectivity index (χ4v) is 5.69. The van der Waals surface area contributed by atoms with Crippen molar-refractivity contribution in [3.63, 3.8) is 0 Å². The molecule has 0 bridgehead atoms. The van der Waals surface area contributed by atoms with Gasteiger partial charge in [-0.1, -0.05) is 108 Å². The molecule has 1 unspecified atom stereocenters. The Balaban J connectivity index is 1.61. The molecule has 0 saturated carbocycles. The molecule has 4 rings (SSSR count). The molecule has 0 aromatic heterocycles. The summed E-state index contributed by atoms with van der Waals surface area (Å²) in [6.07, 6.45) is 0. The Bertz CT molecular complexity index is 1460. The second kappa shape index (κ2) is 13.2. The van der Waals surface area contributed by atoms with Gasteiger partial charge in [-0.3, -0.25) is 0 Å². The Hall–Kier alpha value is -3.70. The first-order valence-corrected chi connectivity index (χ1v) is 14.6. The van der Waals surface area contributed by atoms with E-state index in [0.29, 0.717) is 5.75 Å². The Labute approximate surface area is 230 Å². The lowest BCUT2D eigenvalue weighted by atomic mass is 10.1. The van der Waals surface area contributed by atoms with E-state index in [4.69, 9.17) is 4.74 Å². The molecule has 1 atom stereocenters. The number of nitrogens with one attached hydrogen (secondary N) is 1. The molecule has 0 heterocycles. The molecule has 4 aromatic rings. The largest absolute Gasteiger partial charge is 0.497 e. The molecule has 194 valence electrons. The third-order valence-corrected chi connectivity index (χ3v) is 8.39. The van der Waals surface area contributed by atoms with Gasteiger partial charge >= 0.3 is 0 Å². The van der Waals surface area contributed by atoms with E-state index in [1.54, 1.807) is 31.4 Å². The van der Waals surface area contributed by atoms with Gasteiger partial charge in [-0.05, 0) is 47.9 Å². The lowest BCUT2D eigenvalue weighted by Crippen LogP contribution is -2.27. The summed E-state index contributed by atoms with van der Waals surface area (Å²) in [6, 6.07) is 36.7. The maximum absolute atomic E-state index is 13.6. The van der Waals surface area contributed by atoms with Crippen molar-refractivity contribution in [1.29, 1.82) is 0 Å². The van der Waals surface area contributed by atoms with Crippen molar-refractivity contribution in [1.82, 2.24) is 9.03 Å². The van der Waals surface area contributed by atoms with Gasteiger partial charge in [-0.2, -0.15) is 0 Å². The van der Waals surface area contributed by atoms with Gasteiger partial charge < -0.3 is 4.74 Å². The van der Waals surface area contributed by atoms with Crippen LogP contribution in [0.3, 0.4) is 0 Å². The van der Waals surface area contributed by atoms with Crippen LogP contribution >= 0.6 is 11.9 Å². The van der Waals surface area contributed by atoms with E-state index < -0.39 is 10.0 Å². The minimum Gasteiger partial charge on any atom is -0.497 e. The number of benzene rings is 4. The van der Waals surface area contributed by atoms with Crippen LogP contribution in [0.25, 0.3) is 0 Å². The highest BCUT2D eigenvalue weighted by Gasteiger charge is 2.23. The van der Waals surface area contributed by atoms with Crippen molar-refractivity contribution in [2.45, 2.75) is 30.2 Å². The number of hydrogen-bond donors (Lipinski definition) is 1. The zero-order valence-corrected chi connectivity index (χ0v) is 23.0. The van der Waals surface area contributed by atoms with Gasteiger partial charge in [0.25, 0.3) is 10.0 Å². The quantitative estimate of drug-likeness (QED) is 0.144. The van der Waals surface area contributed by atoms with Crippen molar-refractivity contribution in [2.24, 2.45) is 0 Å². The highest BCUT2D eigenvalue weighted by molar-refractivity contribution is 7.96. The summed E-state index contributed by atoms with van der Waals surface area (Å²) < 4.78 is 37.2. The number of hydrogen-bond acceptors (Lipinski definition) is 5. The third kappa shape index (κ3) is 7.42. The highest BCUT2D eigenvalue weighted by Crippen LogP contribution is 2.22. The zero-order chi connectivity index (χ0) is 26.8. The standard InChI is InChI=1S/C31H30N2O3S2/c1-25-13-19-30(20-14-25)38(34,35)33(23-26-9-5-3-6-10-26)22-21-31(28-11-7-4-8-12-28)32-37-24-27-15-17-29(36-2)18-16-27/h3-20,31-32H,23-24H2,1-2H3. The molecule has 0 spiro atoms. The van der Waals surface area contributed by atoms with Crippen LogP contribution in [-0.2, 0) is 22.3 Å². The first-order chi connectivity index (χ1) is 18.5. The maximum atomic E-state index is 13.6. The lowest BCUT2D eigenvalue weighted by Gasteiger charge is -2.19. The topological polar surface area (TPSA) is 58.6 Å². The minimum atomic E-state index is -3.85. The van der Waals surface area contributed by atoms with Gasteiger partial charge in [0.15, 0.2) is 0 Å². The van der Waals surface area contributed by atoms with Crippen molar-refractivity contribution in [2.75, 3.05) is 7.11 Å². The molecule has 0 amide bonds. The number of methoxy groups -OCH3 is 1. The fourth-order valence-electron chi connectivity index (χ4n) is 3.66. The molecule has 0 radical (unpaired) electrons. The Morgan fingerprint density at radius 3 is 2.11 bits per heavy atom. The molecule has 1 N–H and O–H groups in total.